The van der Waals surface area contributed by atoms with Crippen LogP contribution in [0, 0.1) is 6.92 Å². The Hall–Kier alpha value is -2.44. The summed E-state index contributed by atoms with van der Waals surface area (Å²) in [6.45, 7) is 3.14. The third-order valence-corrected chi connectivity index (χ3v) is 10.7. The number of halogens is 6. The largest absolute Gasteiger partial charge is 0.430 e. The number of alkyl halides is 6. The number of nitrogens with one attached hydrogen (secondary N) is 1. The number of aliphatic hydroxyl groups is 2. The van der Waals surface area contributed by atoms with Gasteiger partial charge in [-0.25, -0.2) is 4.98 Å². The number of aromatic nitrogens is 1. The van der Waals surface area contributed by atoms with Gasteiger partial charge in [0.05, 0.1) is 10.5 Å². The van der Waals surface area contributed by atoms with Crippen molar-refractivity contribution in [3.05, 3.63) is 40.0 Å². The van der Waals surface area contributed by atoms with Crippen LogP contribution in [0.3, 0.4) is 0 Å². The third kappa shape index (κ3) is 6.51. The molecule has 1 atom stereocenters. The van der Waals surface area contributed by atoms with Crippen LogP contribution in [-0.4, -0.2) is 89.6 Å². The molecule has 0 bridgehead atoms. The predicted octanol–water partition coefficient (Wildman–Crippen LogP) is 5.06. The van der Waals surface area contributed by atoms with E-state index in [1.165, 1.54) is 11.8 Å². The lowest BCUT2D eigenvalue weighted by Gasteiger charge is -2.43. The fourth-order valence-corrected chi connectivity index (χ4v) is 7.86. The molecular weight excluding hydrogens is 628 g/mol. The summed E-state index contributed by atoms with van der Waals surface area (Å²) < 4.78 is 100. The average Bonchev–Trinajstić information content (AvgIpc) is 3.54. The van der Waals surface area contributed by atoms with Gasteiger partial charge in [-0.05, 0) is 50.7 Å². The number of carbonyl (C=O) groups is 2. The maximum atomic E-state index is 13.5. The van der Waals surface area contributed by atoms with Gasteiger partial charge in [-0.15, -0.1) is 11.3 Å². The van der Waals surface area contributed by atoms with Crippen LogP contribution in [-0.2, 0) is 5.60 Å². The van der Waals surface area contributed by atoms with Crippen LogP contribution in [0.15, 0.2) is 18.2 Å². The third-order valence-electron chi connectivity index (χ3n) is 7.91. The average molecular weight is 660 g/mol. The first-order valence-corrected chi connectivity index (χ1v) is 15.9. The van der Waals surface area contributed by atoms with Gasteiger partial charge in [0.25, 0.3) is 17.4 Å². The smallest absolute Gasteiger partial charge is 0.388 e. The van der Waals surface area contributed by atoms with E-state index >= 15 is 0 Å². The van der Waals surface area contributed by atoms with Gasteiger partial charge in [-0.2, -0.15) is 36.9 Å². The number of nitrogens with zero attached hydrogens (tertiary/aromatic N) is 2. The molecule has 0 radical (unpaired) electrons. The molecular formula is C26H31F6N3O6S2. The standard InChI is InChI=1S/C26H31F6N3O6S2/c1-14-12-16(24(39,25(27,28)29)26(30,31)32)5-6-17(14)19-18(22(37)35-9-3-4-15(35)2)34-21(42-19)20(36)33-13-23(38)7-10-43(40,41)11-8-23/h5-6,12,15,38-41H,3-4,7-11,13H2,1-2H3,(H,33,36). The van der Waals surface area contributed by atoms with E-state index in [1.54, 1.807) is 6.92 Å². The Bertz CT molecular complexity index is 1370. The van der Waals surface area contributed by atoms with Crippen LogP contribution in [0.25, 0.3) is 10.4 Å². The van der Waals surface area contributed by atoms with Crippen LogP contribution in [0.2, 0.25) is 0 Å². The second-order valence-electron chi connectivity index (χ2n) is 11.0. The van der Waals surface area contributed by atoms with Gasteiger partial charge in [0.1, 0.15) is 5.69 Å². The van der Waals surface area contributed by atoms with Crippen LogP contribution in [0.5, 0.6) is 0 Å². The molecule has 2 aliphatic rings. The van der Waals surface area contributed by atoms with Crippen molar-refractivity contribution in [1.82, 2.24) is 15.2 Å². The van der Waals surface area contributed by atoms with Gasteiger partial charge in [0.2, 0.25) is 0 Å². The number of hydrogen-bond donors (Lipinski definition) is 5. The first-order valence-electron chi connectivity index (χ1n) is 13.2. The number of benzene rings is 1. The van der Waals surface area contributed by atoms with Gasteiger partial charge in [0.15, 0.2) is 5.01 Å². The van der Waals surface area contributed by atoms with Crippen LogP contribution < -0.4 is 5.32 Å². The highest BCUT2D eigenvalue weighted by Crippen LogP contribution is 2.51. The number of likely N-dealkylation sites (tertiary alicyclic amines) is 1. The quantitative estimate of drug-likeness (QED) is 0.273. The Labute approximate surface area is 248 Å². The minimum absolute atomic E-state index is 0.0169. The van der Waals surface area contributed by atoms with Crippen molar-refractivity contribution in [3.8, 4) is 10.4 Å². The molecule has 0 spiro atoms. The van der Waals surface area contributed by atoms with Gasteiger partial charge in [-0.3, -0.25) is 18.7 Å². The van der Waals surface area contributed by atoms with Crippen LogP contribution in [0.1, 0.15) is 64.0 Å². The number of hydrogen-bond acceptors (Lipinski definition) is 8. The Morgan fingerprint density at radius 3 is 2.26 bits per heavy atom. The lowest BCUT2D eigenvalue weighted by Crippen LogP contribution is -2.53. The zero-order valence-corrected chi connectivity index (χ0v) is 24.7. The highest BCUT2D eigenvalue weighted by Gasteiger charge is 2.71. The normalized spacial score (nSPS) is 21.5. The molecule has 43 heavy (non-hydrogen) atoms. The fraction of sp³-hybridized carbons (Fsp3) is 0.577. The summed E-state index contributed by atoms with van der Waals surface area (Å²) in [7, 11) is -2.80. The minimum atomic E-state index is -6.08. The van der Waals surface area contributed by atoms with E-state index < -0.39 is 51.5 Å². The maximum Gasteiger partial charge on any atom is 0.430 e. The van der Waals surface area contributed by atoms with Crippen LogP contribution >= 0.6 is 21.9 Å². The van der Waals surface area contributed by atoms with Crippen molar-refractivity contribution >= 4 is 33.7 Å². The van der Waals surface area contributed by atoms with Crippen molar-refractivity contribution in [3.63, 3.8) is 0 Å². The maximum absolute atomic E-state index is 13.5. The molecule has 17 heteroatoms. The Morgan fingerprint density at radius 2 is 1.74 bits per heavy atom. The van der Waals surface area contributed by atoms with E-state index in [1.807, 2.05) is 0 Å². The number of thiazole rings is 1. The van der Waals surface area contributed by atoms with Crippen molar-refractivity contribution in [2.45, 2.75) is 69.1 Å². The summed E-state index contributed by atoms with van der Waals surface area (Å²) in [4.78, 5) is 32.4. The molecule has 1 unspecified atom stereocenters. The molecule has 0 aliphatic carbocycles. The highest BCUT2D eigenvalue weighted by atomic mass is 32.3. The predicted molar refractivity (Wildman–Crippen MR) is 147 cm³/mol. The zero-order valence-electron chi connectivity index (χ0n) is 23.1. The summed E-state index contributed by atoms with van der Waals surface area (Å²) in [5.41, 5.74) is -8.33. The molecule has 5 N–H and O–H groups in total. The van der Waals surface area contributed by atoms with Crippen molar-refractivity contribution in [1.29, 1.82) is 0 Å². The number of rotatable bonds is 6. The molecule has 2 aromatic rings. The molecule has 2 fully saturated rings. The van der Waals surface area contributed by atoms with Crippen molar-refractivity contribution in [2.75, 3.05) is 24.6 Å². The van der Waals surface area contributed by atoms with E-state index in [4.69, 9.17) is 0 Å². The summed E-state index contributed by atoms with van der Waals surface area (Å²) in [6.07, 6.45) is -10.7. The number of aryl methyl sites for hydroxylation is 1. The topological polar surface area (TPSA) is 143 Å². The molecule has 2 saturated heterocycles. The molecule has 1 aromatic carbocycles. The van der Waals surface area contributed by atoms with Gasteiger partial charge in [-0.1, -0.05) is 18.2 Å². The minimum Gasteiger partial charge on any atom is -0.388 e. The van der Waals surface area contributed by atoms with Crippen LogP contribution in [0.4, 0.5) is 26.3 Å². The molecule has 3 heterocycles. The molecule has 2 aliphatic heterocycles. The van der Waals surface area contributed by atoms with E-state index in [0.717, 1.165) is 6.07 Å². The molecule has 1 aromatic heterocycles. The lowest BCUT2D eigenvalue weighted by molar-refractivity contribution is -0.376. The lowest BCUT2D eigenvalue weighted by atomic mass is 9.89. The van der Waals surface area contributed by atoms with Gasteiger partial charge < -0.3 is 20.4 Å². The Kier molecular flexibility index (Phi) is 8.94. The first-order chi connectivity index (χ1) is 19.7. The summed E-state index contributed by atoms with van der Waals surface area (Å²) in [6, 6.07) is 1.74. The highest BCUT2D eigenvalue weighted by molar-refractivity contribution is 8.24. The number of carbonyl (C=O) groups excluding carboxylic acids is 2. The molecule has 4 rings (SSSR count). The van der Waals surface area contributed by atoms with E-state index in [0.29, 0.717) is 42.9 Å². The summed E-state index contributed by atoms with van der Waals surface area (Å²) in [5.74, 6) is -1.44. The molecule has 0 saturated carbocycles. The van der Waals surface area contributed by atoms with Crippen molar-refractivity contribution in [2.24, 2.45) is 0 Å². The summed E-state index contributed by atoms with van der Waals surface area (Å²) >= 11 is 0.698. The van der Waals surface area contributed by atoms with Gasteiger partial charge in [0, 0.05) is 36.2 Å². The van der Waals surface area contributed by atoms with Gasteiger partial charge >= 0.3 is 12.4 Å². The summed E-state index contributed by atoms with van der Waals surface area (Å²) in [5, 5.41) is 22.9. The molecule has 2 amide bonds. The fourth-order valence-electron chi connectivity index (χ4n) is 5.18. The van der Waals surface area contributed by atoms with E-state index in [2.05, 4.69) is 10.3 Å². The molecule has 240 valence electrons. The number of amides is 2. The van der Waals surface area contributed by atoms with E-state index in [-0.39, 0.29) is 63.6 Å². The second-order valence-corrected chi connectivity index (χ2v) is 14.5. The SMILES string of the molecule is Cc1cc(C(O)(C(F)(F)F)C(F)(F)F)ccc1-c1sc(C(=O)NCC2(O)CCS(O)(O)CC2)nc1C(=O)N1CCCC1C. The molecule has 9 nitrogen and oxygen atoms in total. The Morgan fingerprint density at radius 1 is 1.14 bits per heavy atom. The van der Waals surface area contributed by atoms with E-state index in [9.17, 15) is 55.3 Å². The second kappa shape index (κ2) is 11.5. The zero-order chi connectivity index (χ0) is 32.2. The first kappa shape index (κ1) is 33.5. The van der Waals surface area contributed by atoms with Crippen molar-refractivity contribution < 1.29 is 55.3 Å². The Balaban J connectivity index is 1.70. The monoisotopic (exact) mass is 659 g/mol.